The van der Waals surface area contributed by atoms with Gasteiger partial charge in [0, 0.05) is 12.1 Å². The number of hydrogen-bond donors (Lipinski definition) is 1. The molecule has 0 aliphatic rings. The molecule has 0 unspecified atom stereocenters. The van der Waals surface area contributed by atoms with E-state index in [0.717, 1.165) is 0 Å². The van der Waals surface area contributed by atoms with Crippen LogP contribution in [0.4, 0.5) is 0 Å². The highest BCUT2D eigenvalue weighted by Crippen LogP contribution is 2.22. The summed E-state index contributed by atoms with van der Waals surface area (Å²) >= 11 is 7.07. The molecule has 112 valence electrons. The van der Waals surface area contributed by atoms with Crippen molar-refractivity contribution < 1.29 is 9.53 Å². The zero-order valence-electron chi connectivity index (χ0n) is 11.6. The zero-order valence-corrected chi connectivity index (χ0v) is 13.2. The van der Waals surface area contributed by atoms with Gasteiger partial charge in [0.15, 0.2) is 11.0 Å². The summed E-state index contributed by atoms with van der Waals surface area (Å²) in [6, 6.07) is 7.07. The minimum atomic E-state index is -0.387. The van der Waals surface area contributed by atoms with Crippen molar-refractivity contribution in [3.8, 4) is 5.75 Å². The molecule has 2 aromatic rings. The summed E-state index contributed by atoms with van der Waals surface area (Å²) in [4.78, 5) is 11.1. The molecule has 1 aromatic carbocycles. The number of nitrogens with zero attached hydrogens (tertiary/aromatic N) is 3. The standard InChI is InChI=1S/C13H15ClN4O2S/c1-8(12(15)19)21-13-17-16-11(18(13)2)7-20-10-5-3-9(14)4-6-10/h3-6,8H,7H2,1-2H3,(H2,15,19)/t8-/m1/s1. The zero-order chi connectivity index (χ0) is 15.4. The van der Waals surface area contributed by atoms with Gasteiger partial charge in [-0.2, -0.15) is 0 Å². The Balaban J connectivity index is 2.00. The Morgan fingerprint density at radius 2 is 2.10 bits per heavy atom. The summed E-state index contributed by atoms with van der Waals surface area (Å²) < 4.78 is 7.39. The summed E-state index contributed by atoms with van der Waals surface area (Å²) in [5.74, 6) is 0.966. The van der Waals surface area contributed by atoms with Crippen LogP contribution in [0.5, 0.6) is 5.75 Å². The first kappa shape index (κ1) is 15.7. The van der Waals surface area contributed by atoms with Gasteiger partial charge in [-0.05, 0) is 31.2 Å². The largest absolute Gasteiger partial charge is 0.486 e. The van der Waals surface area contributed by atoms with Gasteiger partial charge in [-0.15, -0.1) is 10.2 Å². The van der Waals surface area contributed by atoms with Gasteiger partial charge >= 0.3 is 0 Å². The normalized spacial score (nSPS) is 12.1. The van der Waals surface area contributed by atoms with Crippen LogP contribution in [0.1, 0.15) is 12.7 Å². The van der Waals surface area contributed by atoms with E-state index in [-0.39, 0.29) is 17.8 Å². The third-order valence-electron chi connectivity index (χ3n) is 2.79. The van der Waals surface area contributed by atoms with E-state index in [1.54, 1.807) is 35.8 Å². The lowest BCUT2D eigenvalue weighted by atomic mass is 10.3. The van der Waals surface area contributed by atoms with Crippen LogP contribution in [0.2, 0.25) is 5.02 Å². The Morgan fingerprint density at radius 3 is 2.71 bits per heavy atom. The molecule has 21 heavy (non-hydrogen) atoms. The van der Waals surface area contributed by atoms with E-state index in [2.05, 4.69) is 10.2 Å². The van der Waals surface area contributed by atoms with Gasteiger partial charge in [0.05, 0.1) is 5.25 Å². The number of halogens is 1. The Labute approximate surface area is 131 Å². The highest BCUT2D eigenvalue weighted by atomic mass is 35.5. The summed E-state index contributed by atoms with van der Waals surface area (Å²) in [6.45, 7) is 2.00. The quantitative estimate of drug-likeness (QED) is 0.821. The van der Waals surface area contributed by atoms with Crippen molar-refractivity contribution in [2.75, 3.05) is 0 Å². The minimum Gasteiger partial charge on any atom is -0.486 e. The van der Waals surface area contributed by atoms with Crippen molar-refractivity contribution in [3.63, 3.8) is 0 Å². The molecule has 0 spiro atoms. The molecule has 2 N–H and O–H groups in total. The first-order chi connectivity index (χ1) is 9.97. The number of carbonyl (C=O) groups is 1. The lowest BCUT2D eigenvalue weighted by Gasteiger charge is -2.08. The first-order valence-corrected chi connectivity index (χ1v) is 7.45. The highest BCUT2D eigenvalue weighted by molar-refractivity contribution is 8.00. The van der Waals surface area contributed by atoms with Crippen molar-refractivity contribution in [3.05, 3.63) is 35.1 Å². The van der Waals surface area contributed by atoms with Crippen molar-refractivity contribution >= 4 is 29.3 Å². The highest BCUT2D eigenvalue weighted by Gasteiger charge is 2.16. The monoisotopic (exact) mass is 326 g/mol. The number of thioether (sulfide) groups is 1. The number of primary amides is 1. The number of carbonyl (C=O) groups excluding carboxylic acids is 1. The van der Waals surface area contributed by atoms with Crippen molar-refractivity contribution in [1.29, 1.82) is 0 Å². The fourth-order valence-electron chi connectivity index (χ4n) is 1.47. The lowest BCUT2D eigenvalue weighted by molar-refractivity contribution is -0.117. The summed E-state index contributed by atoms with van der Waals surface area (Å²) in [5.41, 5.74) is 5.23. The maximum atomic E-state index is 11.1. The van der Waals surface area contributed by atoms with Crippen LogP contribution in [0, 0.1) is 0 Å². The van der Waals surface area contributed by atoms with E-state index in [4.69, 9.17) is 22.1 Å². The topological polar surface area (TPSA) is 83.0 Å². The van der Waals surface area contributed by atoms with Crippen molar-refractivity contribution in [2.24, 2.45) is 12.8 Å². The molecule has 0 radical (unpaired) electrons. The Hall–Kier alpha value is -1.73. The third kappa shape index (κ3) is 4.12. The van der Waals surface area contributed by atoms with Gasteiger partial charge in [-0.3, -0.25) is 4.79 Å². The molecule has 1 amide bonds. The summed E-state index contributed by atoms with van der Waals surface area (Å²) in [7, 11) is 1.82. The van der Waals surface area contributed by atoms with E-state index in [1.807, 2.05) is 7.05 Å². The number of amides is 1. The number of ether oxygens (including phenoxy) is 1. The predicted molar refractivity (Wildman–Crippen MR) is 81.3 cm³/mol. The molecule has 0 aliphatic heterocycles. The maximum absolute atomic E-state index is 11.1. The molecule has 6 nitrogen and oxygen atoms in total. The predicted octanol–water partition coefficient (Wildman–Crippen LogP) is 2.01. The summed E-state index contributed by atoms with van der Waals surface area (Å²) in [5, 5.41) is 8.99. The van der Waals surface area contributed by atoms with Crippen LogP contribution in [0.15, 0.2) is 29.4 Å². The molecule has 1 atom stereocenters. The molecule has 0 aliphatic carbocycles. The minimum absolute atomic E-state index is 0.274. The third-order valence-corrected chi connectivity index (χ3v) is 4.19. The van der Waals surface area contributed by atoms with E-state index in [9.17, 15) is 4.79 Å². The second kappa shape index (κ2) is 6.82. The molecule has 0 bridgehead atoms. The Kier molecular flexibility index (Phi) is 5.08. The number of benzene rings is 1. The number of hydrogen-bond acceptors (Lipinski definition) is 5. The number of rotatable bonds is 6. The smallest absolute Gasteiger partial charge is 0.230 e. The van der Waals surface area contributed by atoms with E-state index < -0.39 is 0 Å². The molecule has 0 fully saturated rings. The van der Waals surface area contributed by atoms with Gasteiger partial charge in [0.1, 0.15) is 12.4 Å². The van der Waals surface area contributed by atoms with Crippen molar-refractivity contribution in [2.45, 2.75) is 23.9 Å². The van der Waals surface area contributed by atoms with E-state index in [1.165, 1.54) is 11.8 Å². The van der Waals surface area contributed by atoms with Gasteiger partial charge in [-0.25, -0.2) is 0 Å². The molecule has 2 rings (SSSR count). The fourth-order valence-corrected chi connectivity index (χ4v) is 2.38. The summed E-state index contributed by atoms with van der Waals surface area (Å²) in [6.07, 6.45) is 0. The second-order valence-electron chi connectivity index (χ2n) is 4.36. The van der Waals surface area contributed by atoms with Gasteiger partial charge in [0.25, 0.3) is 0 Å². The SMILES string of the molecule is C[C@@H](Sc1nnc(COc2ccc(Cl)cc2)n1C)C(N)=O. The lowest BCUT2D eigenvalue weighted by Crippen LogP contribution is -2.23. The van der Waals surface area contributed by atoms with Gasteiger partial charge in [0.2, 0.25) is 5.91 Å². The Morgan fingerprint density at radius 1 is 1.43 bits per heavy atom. The molecular weight excluding hydrogens is 312 g/mol. The van der Waals surface area contributed by atoms with Crippen LogP contribution < -0.4 is 10.5 Å². The average Bonchev–Trinajstić information content (AvgIpc) is 2.79. The Bertz CT molecular complexity index is 630. The molecule has 8 heteroatoms. The van der Waals surface area contributed by atoms with Gasteiger partial charge < -0.3 is 15.0 Å². The first-order valence-electron chi connectivity index (χ1n) is 6.20. The molecule has 1 heterocycles. The van der Waals surface area contributed by atoms with E-state index in [0.29, 0.717) is 21.8 Å². The van der Waals surface area contributed by atoms with Crippen LogP contribution in [0.3, 0.4) is 0 Å². The number of aromatic nitrogens is 3. The van der Waals surface area contributed by atoms with Crippen LogP contribution >= 0.6 is 23.4 Å². The van der Waals surface area contributed by atoms with Crippen molar-refractivity contribution in [1.82, 2.24) is 14.8 Å². The molecule has 0 saturated carbocycles. The average molecular weight is 327 g/mol. The molecule has 0 saturated heterocycles. The number of nitrogens with two attached hydrogens (primary N) is 1. The fraction of sp³-hybridized carbons (Fsp3) is 0.308. The molecular formula is C13H15ClN4O2S. The van der Waals surface area contributed by atoms with E-state index >= 15 is 0 Å². The van der Waals surface area contributed by atoms with Crippen LogP contribution in [0.25, 0.3) is 0 Å². The van der Waals surface area contributed by atoms with Crippen LogP contribution in [-0.2, 0) is 18.4 Å². The molecule has 1 aromatic heterocycles. The maximum Gasteiger partial charge on any atom is 0.230 e. The van der Waals surface area contributed by atoms with Crippen LogP contribution in [-0.4, -0.2) is 25.9 Å². The second-order valence-corrected chi connectivity index (χ2v) is 6.11. The van der Waals surface area contributed by atoms with Gasteiger partial charge in [-0.1, -0.05) is 23.4 Å².